The van der Waals surface area contributed by atoms with E-state index in [0.717, 1.165) is 29.9 Å². The molecule has 0 aliphatic carbocycles. The Hall–Kier alpha value is -1.72. The van der Waals surface area contributed by atoms with Crippen molar-refractivity contribution >= 4 is 16.9 Å². The number of nitrogens with one attached hydrogen (secondary N) is 1. The van der Waals surface area contributed by atoms with Crippen molar-refractivity contribution in [1.29, 1.82) is 0 Å². The summed E-state index contributed by atoms with van der Waals surface area (Å²) in [6, 6.07) is 8.25. The van der Waals surface area contributed by atoms with Gasteiger partial charge in [-0.25, -0.2) is 9.97 Å². The van der Waals surface area contributed by atoms with Crippen LogP contribution in [0.15, 0.2) is 24.3 Å². The minimum Gasteiger partial charge on any atom is -0.390 e. The van der Waals surface area contributed by atoms with Crippen LogP contribution < -0.4 is 10.2 Å². The van der Waals surface area contributed by atoms with Crippen LogP contribution in [0.4, 0.5) is 5.82 Å². The van der Waals surface area contributed by atoms with Gasteiger partial charge in [-0.05, 0) is 19.2 Å². The third-order valence-corrected chi connectivity index (χ3v) is 3.36. The zero-order valence-corrected chi connectivity index (χ0v) is 10.3. The molecule has 0 unspecified atom stereocenters. The molecule has 0 saturated carbocycles. The molecule has 0 atom stereocenters. The molecule has 0 bridgehead atoms. The highest BCUT2D eigenvalue weighted by Gasteiger charge is 2.28. The Morgan fingerprint density at radius 3 is 2.56 bits per heavy atom. The van der Waals surface area contributed by atoms with E-state index in [4.69, 9.17) is 0 Å². The second-order valence-corrected chi connectivity index (χ2v) is 4.53. The molecule has 3 rings (SSSR count). The number of aliphatic hydroxyl groups excluding tert-OH is 1. The van der Waals surface area contributed by atoms with Crippen LogP contribution in [0.1, 0.15) is 5.69 Å². The highest BCUT2D eigenvalue weighted by molar-refractivity contribution is 5.76. The first-order chi connectivity index (χ1) is 8.81. The highest BCUT2D eigenvalue weighted by atomic mass is 16.3. The molecule has 2 aromatic rings. The number of fused-ring (bicyclic) bond motifs is 1. The summed E-state index contributed by atoms with van der Waals surface area (Å²) in [5.74, 6) is 0.808. The van der Waals surface area contributed by atoms with E-state index in [1.807, 2.05) is 31.3 Å². The third-order valence-electron chi connectivity index (χ3n) is 3.36. The molecule has 1 aromatic heterocycles. The minimum absolute atomic E-state index is 0.0755. The van der Waals surface area contributed by atoms with Gasteiger partial charge in [-0.1, -0.05) is 12.1 Å². The Morgan fingerprint density at radius 2 is 1.94 bits per heavy atom. The number of nitrogens with zero attached hydrogens (tertiary/aromatic N) is 3. The molecule has 1 aliphatic heterocycles. The topological polar surface area (TPSA) is 61.3 Å². The minimum atomic E-state index is -0.0755. The molecule has 1 aromatic carbocycles. The van der Waals surface area contributed by atoms with Crippen LogP contribution in [0.25, 0.3) is 11.0 Å². The van der Waals surface area contributed by atoms with Crippen LogP contribution in [0.5, 0.6) is 0 Å². The predicted molar refractivity (Wildman–Crippen MR) is 70.5 cm³/mol. The summed E-state index contributed by atoms with van der Waals surface area (Å²) in [5.41, 5.74) is 2.36. The Balaban J connectivity index is 2.00. The van der Waals surface area contributed by atoms with E-state index in [2.05, 4.69) is 20.2 Å². The Bertz CT molecular complexity index is 566. The molecule has 1 aliphatic rings. The van der Waals surface area contributed by atoms with Crippen molar-refractivity contribution in [3.8, 4) is 0 Å². The first-order valence-electron chi connectivity index (χ1n) is 6.10. The Labute approximate surface area is 105 Å². The van der Waals surface area contributed by atoms with E-state index < -0.39 is 0 Å². The molecule has 0 amide bonds. The maximum absolute atomic E-state index is 9.42. The Morgan fingerprint density at radius 1 is 1.28 bits per heavy atom. The van der Waals surface area contributed by atoms with Crippen molar-refractivity contribution in [3.05, 3.63) is 30.0 Å². The zero-order valence-electron chi connectivity index (χ0n) is 10.3. The molecule has 2 N–H and O–H groups in total. The second-order valence-electron chi connectivity index (χ2n) is 4.53. The lowest BCUT2D eigenvalue weighted by atomic mass is 10.1. The van der Waals surface area contributed by atoms with Crippen molar-refractivity contribution in [1.82, 2.24) is 15.3 Å². The number of rotatable bonds is 3. The summed E-state index contributed by atoms with van der Waals surface area (Å²) in [6.45, 7) is 1.75. The van der Waals surface area contributed by atoms with Gasteiger partial charge in [-0.15, -0.1) is 0 Å². The van der Waals surface area contributed by atoms with Crippen molar-refractivity contribution in [2.75, 3.05) is 25.0 Å². The molecular weight excluding hydrogens is 228 g/mol. The lowest BCUT2D eigenvalue weighted by Crippen LogP contribution is -2.57. The number of aromatic nitrogens is 2. The van der Waals surface area contributed by atoms with Crippen LogP contribution in [-0.4, -0.2) is 41.3 Å². The van der Waals surface area contributed by atoms with E-state index in [0.29, 0.717) is 11.7 Å². The third kappa shape index (κ3) is 1.81. The number of hydrogen-bond donors (Lipinski definition) is 2. The van der Waals surface area contributed by atoms with Gasteiger partial charge in [0.15, 0.2) is 5.82 Å². The largest absolute Gasteiger partial charge is 0.390 e. The number of benzene rings is 1. The highest BCUT2D eigenvalue weighted by Crippen LogP contribution is 2.24. The van der Waals surface area contributed by atoms with E-state index in [-0.39, 0.29) is 6.61 Å². The lowest BCUT2D eigenvalue weighted by molar-refractivity contribution is 0.276. The first kappa shape index (κ1) is 11.4. The van der Waals surface area contributed by atoms with Gasteiger partial charge in [0.25, 0.3) is 0 Å². The van der Waals surface area contributed by atoms with Crippen molar-refractivity contribution in [2.24, 2.45) is 0 Å². The maximum atomic E-state index is 9.42. The standard InChI is InChI=1S/C13H16N4O/c1-14-9-6-17(7-9)13-12(8-18)15-10-4-2-3-5-11(10)16-13/h2-5,9,14,18H,6-8H2,1H3. The zero-order chi connectivity index (χ0) is 12.5. The molecule has 1 saturated heterocycles. The summed E-state index contributed by atoms with van der Waals surface area (Å²) in [5, 5.41) is 12.6. The fraction of sp³-hybridized carbons (Fsp3) is 0.385. The molecule has 18 heavy (non-hydrogen) atoms. The molecule has 0 spiro atoms. The smallest absolute Gasteiger partial charge is 0.153 e. The van der Waals surface area contributed by atoms with Gasteiger partial charge in [-0.3, -0.25) is 0 Å². The van der Waals surface area contributed by atoms with Crippen LogP contribution in [0, 0.1) is 0 Å². The number of aliphatic hydroxyl groups is 1. The summed E-state index contributed by atoms with van der Waals surface area (Å²) in [4.78, 5) is 11.2. The SMILES string of the molecule is CNC1CN(c2nc3ccccc3nc2CO)C1. The predicted octanol–water partition coefficient (Wildman–Crippen LogP) is 0.530. The second kappa shape index (κ2) is 4.51. The number of anilines is 1. The van der Waals surface area contributed by atoms with Gasteiger partial charge in [0, 0.05) is 19.1 Å². The molecule has 2 heterocycles. The average molecular weight is 244 g/mol. The van der Waals surface area contributed by atoms with Gasteiger partial charge in [-0.2, -0.15) is 0 Å². The van der Waals surface area contributed by atoms with Gasteiger partial charge in [0.05, 0.1) is 17.6 Å². The van der Waals surface area contributed by atoms with Crippen molar-refractivity contribution in [2.45, 2.75) is 12.6 Å². The first-order valence-corrected chi connectivity index (χ1v) is 6.10. The normalized spacial score (nSPS) is 16.0. The maximum Gasteiger partial charge on any atom is 0.153 e. The van der Waals surface area contributed by atoms with E-state index >= 15 is 0 Å². The molecule has 5 heteroatoms. The van der Waals surface area contributed by atoms with Crippen LogP contribution >= 0.6 is 0 Å². The van der Waals surface area contributed by atoms with Gasteiger partial charge in [0.1, 0.15) is 5.69 Å². The van der Waals surface area contributed by atoms with Crippen LogP contribution in [0.2, 0.25) is 0 Å². The molecule has 5 nitrogen and oxygen atoms in total. The molecular formula is C13H16N4O. The summed E-state index contributed by atoms with van der Waals surface area (Å²) in [6.07, 6.45) is 0. The van der Waals surface area contributed by atoms with Gasteiger partial charge >= 0.3 is 0 Å². The van der Waals surface area contributed by atoms with Crippen LogP contribution in [0.3, 0.4) is 0 Å². The average Bonchev–Trinajstić information content (AvgIpc) is 2.36. The lowest BCUT2D eigenvalue weighted by Gasteiger charge is -2.40. The van der Waals surface area contributed by atoms with Crippen LogP contribution in [-0.2, 0) is 6.61 Å². The molecule has 1 fully saturated rings. The summed E-state index contributed by atoms with van der Waals surface area (Å²) >= 11 is 0. The fourth-order valence-electron chi connectivity index (χ4n) is 2.22. The summed E-state index contributed by atoms with van der Waals surface area (Å²) in [7, 11) is 1.96. The number of hydrogen-bond acceptors (Lipinski definition) is 5. The van der Waals surface area contributed by atoms with Gasteiger partial charge in [0.2, 0.25) is 0 Å². The van der Waals surface area contributed by atoms with E-state index in [1.165, 1.54) is 0 Å². The van der Waals surface area contributed by atoms with Crippen molar-refractivity contribution < 1.29 is 5.11 Å². The molecule has 94 valence electrons. The quantitative estimate of drug-likeness (QED) is 0.824. The summed E-state index contributed by atoms with van der Waals surface area (Å²) < 4.78 is 0. The fourth-order valence-corrected chi connectivity index (χ4v) is 2.22. The number of para-hydroxylation sites is 2. The van der Waals surface area contributed by atoms with E-state index in [1.54, 1.807) is 0 Å². The van der Waals surface area contributed by atoms with Gasteiger partial charge < -0.3 is 15.3 Å². The monoisotopic (exact) mass is 244 g/mol. The molecule has 0 radical (unpaired) electrons. The Kier molecular flexibility index (Phi) is 2.85. The van der Waals surface area contributed by atoms with E-state index in [9.17, 15) is 5.11 Å². The van der Waals surface area contributed by atoms with Crippen molar-refractivity contribution in [3.63, 3.8) is 0 Å². The number of likely N-dealkylation sites (N-methyl/N-ethyl adjacent to an activating group) is 1.